The van der Waals surface area contributed by atoms with Crippen molar-refractivity contribution in [3.8, 4) is 5.75 Å². The molecule has 8 heteroatoms. The van der Waals surface area contributed by atoms with Crippen molar-refractivity contribution in [1.29, 1.82) is 0 Å². The van der Waals surface area contributed by atoms with E-state index in [1.54, 1.807) is 12.1 Å². The SMILES string of the molecule is O=C1NC(c2ccc(O)cc2)C2C(=O)NC(=O)N(Cc3ccccc3)C2N1. The lowest BCUT2D eigenvalue weighted by atomic mass is 9.86. The van der Waals surface area contributed by atoms with Gasteiger partial charge in [0, 0.05) is 6.54 Å². The van der Waals surface area contributed by atoms with E-state index >= 15 is 0 Å². The maximum Gasteiger partial charge on any atom is 0.326 e. The average molecular weight is 366 g/mol. The lowest BCUT2D eigenvalue weighted by Crippen LogP contribution is -2.71. The Labute approximate surface area is 155 Å². The first-order valence-corrected chi connectivity index (χ1v) is 8.54. The van der Waals surface area contributed by atoms with Crippen LogP contribution in [0.4, 0.5) is 9.59 Å². The first-order chi connectivity index (χ1) is 13.0. The summed E-state index contributed by atoms with van der Waals surface area (Å²) in [5, 5.41) is 17.3. The van der Waals surface area contributed by atoms with Gasteiger partial charge in [-0.15, -0.1) is 0 Å². The molecule has 0 aliphatic carbocycles. The van der Waals surface area contributed by atoms with Gasteiger partial charge in [0.15, 0.2) is 0 Å². The van der Waals surface area contributed by atoms with E-state index in [-0.39, 0.29) is 12.3 Å². The molecule has 2 saturated heterocycles. The molecule has 27 heavy (non-hydrogen) atoms. The van der Waals surface area contributed by atoms with E-state index in [9.17, 15) is 19.5 Å². The largest absolute Gasteiger partial charge is 0.508 e. The smallest absolute Gasteiger partial charge is 0.326 e. The molecule has 2 aliphatic heterocycles. The molecule has 2 aromatic rings. The normalized spacial score (nSPS) is 24.5. The van der Waals surface area contributed by atoms with E-state index in [4.69, 9.17) is 0 Å². The van der Waals surface area contributed by atoms with Gasteiger partial charge in [0.05, 0.1) is 6.04 Å². The highest BCUT2D eigenvalue weighted by molar-refractivity contribution is 6.00. The molecule has 0 saturated carbocycles. The zero-order valence-electron chi connectivity index (χ0n) is 14.3. The molecule has 2 aromatic carbocycles. The maximum absolute atomic E-state index is 12.6. The van der Waals surface area contributed by atoms with Gasteiger partial charge < -0.3 is 15.7 Å². The van der Waals surface area contributed by atoms with E-state index in [0.717, 1.165) is 5.56 Å². The number of rotatable bonds is 3. The minimum absolute atomic E-state index is 0.0875. The predicted molar refractivity (Wildman–Crippen MR) is 95.3 cm³/mol. The molecule has 138 valence electrons. The Morgan fingerprint density at radius 3 is 2.33 bits per heavy atom. The number of phenols is 1. The molecule has 2 heterocycles. The predicted octanol–water partition coefficient (Wildman–Crippen LogP) is 1.44. The van der Waals surface area contributed by atoms with Crippen LogP contribution < -0.4 is 16.0 Å². The second-order valence-electron chi connectivity index (χ2n) is 6.57. The number of benzene rings is 2. The Bertz CT molecular complexity index is 884. The third-order valence-electron chi connectivity index (χ3n) is 4.84. The van der Waals surface area contributed by atoms with Crippen molar-refractivity contribution in [2.75, 3.05) is 0 Å². The number of nitrogens with one attached hydrogen (secondary N) is 3. The third-order valence-corrected chi connectivity index (χ3v) is 4.84. The summed E-state index contributed by atoms with van der Waals surface area (Å²) in [7, 11) is 0. The van der Waals surface area contributed by atoms with Crippen LogP contribution in [-0.2, 0) is 11.3 Å². The topological polar surface area (TPSA) is 111 Å². The maximum atomic E-state index is 12.6. The number of carbonyl (C=O) groups is 3. The summed E-state index contributed by atoms with van der Waals surface area (Å²) in [4.78, 5) is 38.7. The molecule has 4 rings (SSSR count). The fraction of sp³-hybridized carbons (Fsp3) is 0.211. The first-order valence-electron chi connectivity index (χ1n) is 8.54. The van der Waals surface area contributed by atoms with Gasteiger partial charge in [-0.3, -0.25) is 15.0 Å². The Morgan fingerprint density at radius 2 is 1.63 bits per heavy atom. The number of hydrogen-bond donors (Lipinski definition) is 4. The van der Waals surface area contributed by atoms with Crippen molar-refractivity contribution < 1.29 is 19.5 Å². The monoisotopic (exact) mass is 366 g/mol. The second-order valence-corrected chi connectivity index (χ2v) is 6.57. The summed E-state index contributed by atoms with van der Waals surface area (Å²) in [5.74, 6) is -1.09. The Kier molecular flexibility index (Phi) is 4.15. The molecule has 5 amide bonds. The van der Waals surface area contributed by atoms with E-state index in [1.807, 2.05) is 30.3 Å². The van der Waals surface area contributed by atoms with Crippen LogP contribution in [0.5, 0.6) is 5.75 Å². The Balaban J connectivity index is 1.68. The van der Waals surface area contributed by atoms with Crippen LogP contribution in [0.1, 0.15) is 17.2 Å². The number of phenolic OH excluding ortho intramolecular Hbond substituents is 1. The van der Waals surface area contributed by atoms with Gasteiger partial charge in [-0.1, -0.05) is 42.5 Å². The van der Waals surface area contributed by atoms with Crippen molar-refractivity contribution in [1.82, 2.24) is 20.9 Å². The quantitative estimate of drug-likeness (QED) is 0.659. The summed E-state index contributed by atoms with van der Waals surface area (Å²) in [6.45, 7) is 0.254. The molecular formula is C19H18N4O4. The lowest BCUT2D eigenvalue weighted by molar-refractivity contribution is -0.130. The van der Waals surface area contributed by atoms with Crippen LogP contribution in [0.2, 0.25) is 0 Å². The van der Waals surface area contributed by atoms with Gasteiger partial charge in [-0.05, 0) is 23.3 Å². The summed E-state index contributed by atoms with van der Waals surface area (Å²) >= 11 is 0. The van der Waals surface area contributed by atoms with Gasteiger partial charge >= 0.3 is 12.1 Å². The van der Waals surface area contributed by atoms with Crippen LogP contribution >= 0.6 is 0 Å². The molecular weight excluding hydrogens is 348 g/mol. The third kappa shape index (κ3) is 3.17. The molecule has 4 N–H and O–H groups in total. The highest BCUT2D eigenvalue weighted by atomic mass is 16.3. The van der Waals surface area contributed by atoms with Crippen LogP contribution in [0.15, 0.2) is 54.6 Å². The molecule has 0 radical (unpaired) electrons. The molecule has 0 bridgehead atoms. The van der Waals surface area contributed by atoms with Crippen LogP contribution in [-0.4, -0.2) is 34.1 Å². The van der Waals surface area contributed by atoms with Crippen LogP contribution in [0, 0.1) is 5.92 Å². The molecule has 2 aliphatic rings. The molecule has 3 atom stereocenters. The van der Waals surface area contributed by atoms with Gasteiger partial charge in [0.1, 0.15) is 17.8 Å². The Morgan fingerprint density at radius 1 is 0.926 bits per heavy atom. The molecule has 8 nitrogen and oxygen atoms in total. The Hall–Kier alpha value is -3.55. The zero-order valence-corrected chi connectivity index (χ0v) is 14.3. The second kappa shape index (κ2) is 6.64. The van der Waals surface area contributed by atoms with E-state index < -0.39 is 36.1 Å². The molecule has 3 unspecified atom stereocenters. The van der Waals surface area contributed by atoms with Crippen molar-refractivity contribution in [3.05, 3.63) is 65.7 Å². The van der Waals surface area contributed by atoms with E-state index in [2.05, 4.69) is 16.0 Å². The van der Waals surface area contributed by atoms with Crippen LogP contribution in [0.25, 0.3) is 0 Å². The number of urea groups is 2. The minimum Gasteiger partial charge on any atom is -0.508 e. The summed E-state index contributed by atoms with van der Waals surface area (Å²) in [6, 6.07) is 14.0. The summed E-state index contributed by atoms with van der Waals surface area (Å²) < 4.78 is 0. The van der Waals surface area contributed by atoms with Crippen molar-refractivity contribution in [3.63, 3.8) is 0 Å². The van der Waals surface area contributed by atoms with E-state index in [0.29, 0.717) is 5.56 Å². The number of imide groups is 1. The first kappa shape index (κ1) is 16.9. The van der Waals surface area contributed by atoms with Gasteiger partial charge in [-0.25, -0.2) is 9.59 Å². The number of fused-ring (bicyclic) bond motifs is 1. The number of amides is 5. The summed E-state index contributed by atoms with van der Waals surface area (Å²) in [6.07, 6.45) is -0.779. The van der Waals surface area contributed by atoms with Crippen LogP contribution in [0.3, 0.4) is 0 Å². The van der Waals surface area contributed by atoms with Crippen molar-refractivity contribution >= 4 is 18.0 Å². The number of nitrogens with zero attached hydrogens (tertiary/aromatic N) is 1. The number of carbonyl (C=O) groups excluding carboxylic acids is 3. The average Bonchev–Trinajstić information content (AvgIpc) is 2.65. The minimum atomic E-state index is -0.779. The van der Waals surface area contributed by atoms with E-state index in [1.165, 1.54) is 17.0 Å². The van der Waals surface area contributed by atoms with Crippen molar-refractivity contribution in [2.24, 2.45) is 5.92 Å². The van der Waals surface area contributed by atoms with Gasteiger partial charge in [0.2, 0.25) is 5.91 Å². The molecule has 2 fully saturated rings. The summed E-state index contributed by atoms with van der Waals surface area (Å²) in [5.41, 5.74) is 1.55. The van der Waals surface area contributed by atoms with Crippen molar-refractivity contribution in [2.45, 2.75) is 18.8 Å². The highest BCUT2D eigenvalue weighted by Gasteiger charge is 2.49. The highest BCUT2D eigenvalue weighted by Crippen LogP contribution is 2.33. The number of hydrogen-bond acceptors (Lipinski definition) is 4. The zero-order chi connectivity index (χ0) is 19.0. The fourth-order valence-electron chi connectivity index (χ4n) is 3.56. The molecule has 0 spiro atoms. The standard InChI is InChI=1S/C19H18N4O4/c24-13-8-6-12(7-9-13)15-14-16(21-18(26)20-15)23(19(27)22-17(14)25)10-11-4-2-1-3-5-11/h1-9,14-16,24H,10H2,(H2,20,21,26)(H,22,25,27). The fourth-order valence-corrected chi connectivity index (χ4v) is 3.56. The molecule has 0 aromatic heterocycles. The van der Waals surface area contributed by atoms with Gasteiger partial charge in [0.25, 0.3) is 0 Å². The number of aromatic hydroxyl groups is 1. The van der Waals surface area contributed by atoms with Gasteiger partial charge in [-0.2, -0.15) is 0 Å². The lowest BCUT2D eigenvalue weighted by Gasteiger charge is -2.46.